The average molecular weight is 346 g/mol. The largest absolute Gasteiger partial charge is 0.394 e. The number of amides is 1. The topological polar surface area (TPSA) is 62.2 Å². The highest BCUT2D eigenvalue weighted by Gasteiger charge is 2.42. The summed E-state index contributed by atoms with van der Waals surface area (Å²) < 4.78 is 0.923. The Morgan fingerprint density at radius 3 is 2.88 bits per heavy atom. The van der Waals surface area contributed by atoms with Gasteiger partial charge in [-0.25, -0.2) is 0 Å². The van der Waals surface area contributed by atoms with Gasteiger partial charge in [0.15, 0.2) is 0 Å². The Morgan fingerprint density at radius 2 is 2.35 bits per heavy atom. The SMILES string of the molecule is CC(CO)(NC(=O)c1cncc(I)c1)C1CC1. The van der Waals surface area contributed by atoms with Gasteiger partial charge in [0.25, 0.3) is 5.91 Å². The molecule has 1 aliphatic carbocycles. The normalized spacial score (nSPS) is 18.5. The fraction of sp³-hybridized carbons (Fsp3) is 0.500. The van der Waals surface area contributed by atoms with Crippen LogP contribution in [0.4, 0.5) is 0 Å². The number of aliphatic hydroxyl groups is 1. The van der Waals surface area contributed by atoms with Crippen molar-refractivity contribution >= 4 is 28.5 Å². The average Bonchev–Trinajstić information content (AvgIpc) is 3.13. The maximum Gasteiger partial charge on any atom is 0.253 e. The van der Waals surface area contributed by atoms with Crippen LogP contribution >= 0.6 is 22.6 Å². The van der Waals surface area contributed by atoms with Gasteiger partial charge in [0, 0.05) is 16.0 Å². The molecular formula is C12H15IN2O2. The molecule has 1 fully saturated rings. The summed E-state index contributed by atoms with van der Waals surface area (Å²) in [6, 6.07) is 1.79. The predicted molar refractivity (Wildman–Crippen MR) is 72.6 cm³/mol. The van der Waals surface area contributed by atoms with Gasteiger partial charge in [-0.15, -0.1) is 0 Å². The third kappa shape index (κ3) is 2.95. The van der Waals surface area contributed by atoms with Gasteiger partial charge in [-0.05, 0) is 54.3 Å². The highest BCUT2D eigenvalue weighted by atomic mass is 127. The highest BCUT2D eigenvalue weighted by Crippen LogP contribution is 2.39. The van der Waals surface area contributed by atoms with Gasteiger partial charge in [-0.1, -0.05) is 0 Å². The molecule has 4 nitrogen and oxygen atoms in total. The molecule has 0 spiro atoms. The lowest BCUT2D eigenvalue weighted by Gasteiger charge is -2.28. The smallest absolute Gasteiger partial charge is 0.253 e. The van der Waals surface area contributed by atoms with E-state index in [-0.39, 0.29) is 12.5 Å². The monoisotopic (exact) mass is 346 g/mol. The van der Waals surface area contributed by atoms with Crippen molar-refractivity contribution < 1.29 is 9.90 Å². The van der Waals surface area contributed by atoms with E-state index >= 15 is 0 Å². The Labute approximate surface area is 114 Å². The second-order valence-electron chi connectivity index (χ2n) is 4.70. The zero-order valence-corrected chi connectivity index (χ0v) is 11.8. The number of halogens is 1. The molecular weight excluding hydrogens is 331 g/mol. The summed E-state index contributed by atoms with van der Waals surface area (Å²) in [5.41, 5.74) is 0.0375. The fourth-order valence-corrected chi connectivity index (χ4v) is 2.36. The van der Waals surface area contributed by atoms with Crippen LogP contribution < -0.4 is 5.32 Å². The molecule has 2 rings (SSSR count). The quantitative estimate of drug-likeness (QED) is 0.814. The Bertz CT molecular complexity index is 434. The molecule has 0 saturated heterocycles. The molecule has 1 amide bonds. The zero-order valence-electron chi connectivity index (χ0n) is 9.61. The van der Waals surface area contributed by atoms with Crippen molar-refractivity contribution in [1.82, 2.24) is 10.3 Å². The minimum atomic E-state index is -0.502. The first kappa shape index (κ1) is 12.8. The summed E-state index contributed by atoms with van der Waals surface area (Å²) in [7, 11) is 0. The lowest BCUT2D eigenvalue weighted by Crippen LogP contribution is -2.50. The summed E-state index contributed by atoms with van der Waals surface area (Å²) in [6.45, 7) is 1.87. The van der Waals surface area contributed by atoms with Crippen LogP contribution in [-0.2, 0) is 0 Å². The highest BCUT2D eigenvalue weighted by molar-refractivity contribution is 14.1. The van der Waals surface area contributed by atoms with Crippen LogP contribution in [0, 0.1) is 9.49 Å². The number of aliphatic hydroxyl groups excluding tert-OH is 1. The standard InChI is InChI=1S/C12H15IN2O2/c1-12(7-16,9-2-3-9)15-11(17)8-4-10(13)6-14-5-8/h4-6,9,16H,2-3,7H2,1H3,(H,15,17). The Balaban J connectivity index is 2.10. The number of aromatic nitrogens is 1. The number of nitrogens with zero attached hydrogens (tertiary/aromatic N) is 1. The number of hydrogen-bond donors (Lipinski definition) is 2. The van der Waals surface area contributed by atoms with Crippen LogP contribution in [0.25, 0.3) is 0 Å². The number of carbonyl (C=O) groups is 1. The molecule has 1 aromatic rings. The molecule has 1 saturated carbocycles. The second kappa shape index (κ2) is 4.89. The summed E-state index contributed by atoms with van der Waals surface area (Å²) in [6.07, 6.45) is 5.38. The van der Waals surface area contributed by atoms with E-state index in [0.717, 1.165) is 16.4 Å². The first-order chi connectivity index (χ1) is 8.05. The molecule has 1 unspecified atom stereocenters. The molecule has 17 heavy (non-hydrogen) atoms. The van der Waals surface area contributed by atoms with E-state index in [2.05, 4.69) is 32.9 Å². The van der Waals surface area contributed by atoms with E-state index in [1.165, 1.54) is 0 Å². The van der Waals surface area contributed by atoms with Gasteiger partial charge in [0.1, 0.15) is 0 Å². The van der Waals surface area contributed by atoms with Crippen LogP contribution in [-0.4, -0.2) is 28.1 Å². The number of carbonyl (C=O) groups excluding carboxylic acids is 1. The second-order valence-corrected chi connectivity index (χ2v) is 5.94. The van der Waals surface area contributed by atoms with Gasteiger partial charge in [0.2, 0.25) is 0 Å². The molecule has 0 radical (unpaired) electrons. The number of hydrogen-bond acceptors (Lipinski definition) is 3. The Kier molecular flexibility index (Phi) is 3.67. The van der Waals surface area contributed by atoms with Crippen LogP contribution in [0.1, 0.15) is 30.1 Å². The molecule has 5 heteroatoms. The van der Waals surface area contributed by atoms with E-state index in [1.54, 1.807) is 18.5 Å². The molecule has 1 aliphatic rings. The van der Waals surface area contributed by atoms with Crippen molar-refractivity contribution in [3.8, 4) is 0 Å². The third-order valence-corrected chi connectivity index (χ3v) is 3.76. The maximum absolute atomic E-state index is 12.0. The van der Waals surface area contributed by atoms with Gasteiger partial charge in [0.05, 0.1) is 17.7 Å². The first-order valence-electron chi connectivity index (χ1n) is 5.59. The van der Waals surface area contributed by atoms with Crippen molar-refractivity contribution in [2.75, 3.05) is 6.61 Å². The molecule has 1 atom stereocenters. The molecule has 0 bridgehead atoms. The molecule has 0 aromatic carbocycles. The Hall–Kier alpha value is -0.690. The van der Waals surface area contributed by atoms with E-state index in [4.69, 9.17) is 0 Å². The summed E-state index contributed by atoms with van der Waals surface area (Å²) >= 11 is 2.12. The van der Waals surface area contributed by atoms with Crippen LogP contribution in [0.5, 0.6) is 0 Å². The molecule has 1 heterocycles. The van der Waals surface area contributed by atoms with E-state index in [1.807, 2.05) is 6.92 Å². The van der Waals surface area contributed by atoms with Gasteiger partial charge in [-0.2, -0.15) is 0 Å². The number of nitrogens with one attached hydrogen (secondary N) is 1. The van der Waals surface area contributed by atoms with E-state index < -0.39 is 5.54 Å². The lowest BCUT2D eigenvalue weighted by molar-refractivity contribution is 0.0824. The number of rotatable bonds is 4. The van der Waals surface area contributed by atoms with Crippen molar-refractivity contribution in [3.05, 3.63) is 27.6 Å². The first-order valence-corrected chi connectivity index (χ1v) is 6.67. The van der Waals surface area contributed by atoms with Crippen molar-refractivity contribution in [3.63, 3.8) is 0 Å². The lowest BCUT2D eigenvalue weighted by atomic mass is 9.96. The van der Waals surface area contributed by atoms with Crippen molar-refractivity contribution in [2.24, 2.45) is 5.92 Å². The van der Waals surface area contributed by atoms with Gasteiger partial charge < -0.3 is 10.4 Å². The molecule has 1 aromatic heterocycles. The fourth-order valence-electron chi connectivity index (χ4n) is 1.86. The summed E-state index contributed by atoms with van der Waals surface area (Å²) in [4.78, 5) is 16.0. The predicted octanol–water partition coefficient (Wildman–Crippen LogP) is 1.58. The minimum Gasteiger partial charge on any atom is -0.394 e. The summed E-state index contributed by atoms with van der Waals surface area (Å²) in [5.74, 6) is 0.228. The van der Waals surface area contributed by atoms with Crippen molar-refractivity contribution in [2.45, 2.75) is 25.3 Å². The van der Waals surface area contributed by atoms with Gasteiger partial charge >= 0.3 is 0 Å². The van der Waals surface area contributed by atoms with Crippen LogP contribution in [0.2, 0.25) is 0 Å². The zero-order chi connectivity index (χ0) is 12.5. The maximum atomic E-state index is 12.0. The van der Waals surface area contributed by atoms with Crippen LogP contribution in [0.15, 0.2) is 18.5 Å². The minimum absolute atomic E-state index is 0.0270. The van der Waals surface area contributed by atoms with Crippen LogP contribution in [0.3, 0.4) is 0 Å². The summed E-state index contributed by atoms with van der Waals surface area (Å²) in [5, 5.41) is 12.3. The van der Waals surface area contributed by atoms with Crippen molar-refractivity contribution in [1.29, 1.82) is 0 Å². The van der Waals surface area contributed by atoms with Gasteiger partial charge in [-0.3, -0.25) is 9.78 Å². The Morgan fingerprint density at radius 1 is 1.65 bits per heavy atom. The molecule has 2 N–H and O–H groups in total. The van der Waals surface area contributed by atoms with E-state index in [9.17, 15) is 9.90 Å². The molecule has 92 valence electrons. The number of pyridine rings is 1. The van der Waals surface area contributed by atoms with E-state index in [0.29, 0.717) is 11.5 Å². The third-order valence-electron chi connectivity index (χ3n) is 3.17. The molecule has 0 aliphatic heterocycles.